The maximum atomic E-state index is 12.3. The molecule has 2 atom stereocenters. The van der Waals surface area contributed by atoms with Gasteiger partial charge in [0.15, 0.2) is 0 Å². The van der Waals surface area contributed by atoms with E-state index < -0.39 is 11.9 Å². The first kappa shape index (κ1) is 16.3. The molecular formula is C19H22N2O3. The quantitative estimate of drug-likeness (QED) is 0.887. The molecule has 0 bridgehead atoms. The summed E-state index contributed by atoms with van der Waals surface area (Å²) in [6.07, 6.45) is 1.03. The summed E-state index contributed by atoms with van der Waals surface area (Å²) in [5.74, 6) is -1.21. The third-order valence-electron chi connectivity index (χ3n) is 4.72. The molecule has 1 aromatic carbocycles. The molecule has 1 aromatic heterocycles. The van der Waals surface area contributed by atoms with Gasteiger partial charge in [0.2, 0.25) is 5.91 Å². The third-order valence-corrected chi connectivity index (χ3v) is 4.72. The van der Waals surface area contributed by atoms with Gasteiger partial charge < -0.3 is 15.0 Å². The zero-order valence-corrected chi connectivity index (χ0v) is 13.7. The lowest BCUT2D eigenvalue weighted by molar-refractivity contribution is -0.142. The maximum Gasteiger partial charge on any atom is 0.308 e. The lowest BCUT2D eigenvalue weighted by Gasteiger charge is -2.15. The minimum atomic E-state index is -0.810. The Morgan fingerprint density at radius 1 is 1.17 bits per heavy atom. The van der Waals surface area contributed by atoms with Crippen molar-refractivity contribution in [3.05, 3.63) is 48.2 Å². The van der Waals surface area contributed by atoms with Crippen molar-refractivity contribution in [3.8, 4) is 11.3 Å². The number of nitrogens with one attached hydrogen (secondary N) is 1. The lowest BCUT2D eigenvalue weighted by Crippen LogP contribution is -2.30. The number of rotatable bonds is 5. The van der Waals surface area contributed by atoms with Crippen LogP contribution < -0.4 is 0 Å². The monoisotopic (exact) mass is 326 g/mol. The van der Waals surface area contributed by atoms with E-state index in [1.165, 1.54) is 0 Å². The highest BCUT2D eigenvalue weighted by molar-refractivity contribution is 5.79. The summed E-state index contributed by atoms with van der Waals surface area (Å²) >= 11 is 0. The van der Waals surface area contributed by atoms with Crippen LogP contribution in [0, 0.1) is 11.8 Å². The molecule has 0 saturated carbocycles. The van der Waals surface area contributed by atoms with Gasteiger partial charge in [-0.05, 0) is 30.0 Å². The molecule has 126 valence electrons. The van der Waals surface area contributed by atoms with Crippen LogP contribution >= 0.6 is 0 Å². The SMILES string of the molecule is C[C@@H]1CN(C(=O)CCc2ccc(-c3ccccc3)[nH]2)C[C@H]1C(=O)O. The zero-order valence-electron chi connectivity index (χ0n) is 13.7. The van der Waals surface area contributed by atoms with E-state index in [0.717, 1.165) is 17.0 Å². The molecule has 1 saturated heterocycles. The van der Waals surface area contributed by atoms with Crippen molar-refractivity contribution in [1.29, 1.82) is 0 Å². The van der Waals surface area contributed by atoms with Gasteiger partial charge in [0, 0.05) is 30.9 Å². The molecule has 5 heteroatoms. The van der Waals surface area contributed by atoms with Gasteiger partial charge in [0.1, 0.15) is 0 Å². The number of aryl methyl sites for hydroxylation is 1. The average Bonchev–Trinajstić information content (AvgIpc) is 3.20. The first-order chi connectivity index (χ1) is 11.5. The van der Waals surface area contributed by atoms with Crippen LogP contribution in [0.4, 0.5) is 0 Å². The Bertz CT molecular complexity index is 723. The highest BCUT2D eigenvalue weighted by Gasteiger charge is 2.36. The summed E-state index contributed by atoms with van der Waals surface area (Å²) in [4.78, 5) is 28.5. The summed E-state index contributed by atoms with van der Waals surface area (Å²) in [5.41, 5.74) is 3.18. The number of H-pyrrole nitrogens is 1. The fourth-order valence-corrected chi connectivity index (χ4v) is 3.26. The van der Waals surface area contributed by atoms with E-state index in [1.807, 2.05) is 49.4 Å². The van der Waals surface area contributed by atoms with Crippen molar-refractivity contribution in [3.63, 3.8) is 0 Å². The van der Waals surface area contributed by atoms with Crippen LogP contribution in [0.25, 0.3) is 11.3 Å². The number of benzene rings is 1. The fraction of sp³-hybridized carbons (Fsp3) is 0.368. The Labute approximate surface area is 141 Å². The fourth-order valence-electron chi connectivity index (χ4n) is 3.26. The van der Waals surface area contributed by atoms with Crippen molar-refractivity contribution < 1.29 is 14.7 Å². The molecule has 1 amide bonds. The number of likely N-dealkylation sites (tertiary alicyclic amines) is 1. The zero-order chi connectivity index (χ0) is 17.1. The van der Waals surface area contributed by atoms with Crippen LogP contribution in [0.3, 0.4) is 0 Å². The van der Waals surface area contributed by atoms with Gasteiger partial charge in [-0.15, -0.1) is 0 Å². The highest BCUT2D eigenvalue weighted by Crippen LogP contribution is 2.24. The van der Waals surface area contributed by atoms with E-state index in [0.29, 0.717) is 25.9 Å². The lowest BCUT2D eigenvalue weighted by atomic mass is 9.99. The minimum absolute atomic E-state index is 0.0154. The van der Waals surface area contributed by atoms with Crippen molar-refractivity contribution in [2.45, 2.75) is 19.8 Å². The molecule has 1 aliphatic rings. The van der Waals surface area contributed by atoms with Gasteiger partial charge in [0.25, 0.3) is 0 Å². The second-order valence-electron chi connectivity index (χ2n) is 6.48. The number of amides is 1. The van der Waals surface area contributed by atoms with E-state index in [-0.39, 0.29) is 11.8 Å². The molecule has 0 unspecified atom stereocenters. The Kier molecular flexibility index (Phi) is 4.69. The van der Waals surface area contributed by atoms with E-state index in [9.17, 15) is 9.59 Å². The Hall–Kier alpha value is -2.56. The summed E-state index contributed by atoms with van der Waals surface area (Å²) in [6.45, 7) is 2.76. The summed E-state index contributed by atoms with van der Waals surface area (Å²) in [5, 5.41) is 9.16. The van der Waals surface area contributed by atoms with Crippen molar-refractivity contribution >= 4 is 11.9 Å². The van der Waals surface area contributed by atoms with Gasteiger partial charge in [0.05, 0.1) is 5.92 Å². The van der Waals surface area contributed by atoms with Gasteiger partial charge in [-0.1, -0.05) is 37.3 Å². The van der Waals surface area contributed by atoms with E-state index in [4.69, 9.17) is 5.11 Å². The molecule has 24 heavy (non-hydrogen) atoms. The first-order valence-corrected chi connectivity index (χ1v) is 8.28. The van der Waals surface area contributed by atoms with Crippen LogP contribution in [0.2, 0.25) is 0 Å². The highest BCUT2D eigenvalue weighted by atomic mass is 16.4. The second kappa shape index (κ2) is 6.91. The van der Waals surface area contributed by atoms with Crippen molar-refractivity contribution in [2.75, 3.05) is 13.1 Å². The number of carbonyl (C=O) groups is 2. The Balaban J connectivity index is 1.56. The molecule has 2 N–H and O–H groups in total. The molecular weight excluding hydrogens is 304 g/mol. The number of nitrogens with zero attached hydrogens (tertiary/aromatic N) is 1. The van der Waals surface area contributed by atoms with E-state index >= 15 is 0 Å². The molecule has 0 radical (unpaired) electrons. The number of hydrogen-bond donors (Lipinski definition) is 2. The van der Waals surface area contributed by atoms with Crippen LogP contribution in [-0.2, 0) is 16.0 Å². The second-order valence-corrected chi connectivity index (χ2v) is 6.48. The number of aromatic nitrogens is 1. The number of hydrogen-bond acceptors (Lipinski definition) is 2. The predicted molar refractivity (Wildman–Crippen MR) is 91.4 cm³/mol. The van der Waals surface area contributed by atoms with E-state index in [1.54, 1.807) is 4.90 Å². The normalized spacial score (nSPS) is 20.3. The molecule has 0 spiro atoms. The van der Waals surface area contributed by atoms with Crippen molar-refractivity contribution in [1.82, 2.24) is 9.88 Å². The third kappa shape index (κ3) is 3.50. The standard InChI is InChI=1S/C19H22N2O3/c1-13-11-21(12-16(13)19(23)24)18(22)10-8-15-7-9-17(20-15)14-5-3-2-4-6-14/h2-7,9,13,16,20H,8,10-12H2,1H3,(H,23,24)/t13-,16-/m1/s1. The molecule has 2 aromatic rings. The predicted octanol–water partition coefficient (Wildman–Crippen LogP) is 2.79. The summed E-state index contributed by atoms with van der Waals surface area (Å²) in [6, 6.07) is 14.1. The molecule has 3 rings (SSSR count). The summed E-state index contributed by atoms with van der Waals surface area (Å²) in [7, 11) is 0. The van der Waals surface area contributed by atoms with Gasteiger partial charge in [-0.2, -0.15) is 0 Å². The van der Waals surface area contributed by atoms with Gasteiger partial charge >= 0.3 is 5.97 Å². The topological polar surface area (TPSA) is 73.4 Å². The van der Waals surface area contributed by atoms with Crippen LogP contribution in [0.1, 0.15) is 19.0 Å². The van der Waals surface area contributed by atoms with Crippen LogP contribution in [0.15, 0.2) is 42.5 Å². The molecule has 0 aliphatic carbocycles. The van der Waals surface area contributed by atoms with Crippen molar-refractivity contribution in [2.24, 2.45) is 11.8 Å². The van der Waals surface area contributed by atoms with E-state index in [2.05, 4.69) is 4.98 Å². The molecule has 1 fully saturated rings. The smallest absolute Gasteiger partial charge is 0.308 e. The number of carboxylic acid groups (broad SMARTS) is 1. The summed E-state index contributed by atoms with van der Waals surface area (Å²) < 4.78 is 0. The van der Waals surface area contributed by atoms with Crippen LogP contribution in [-0.4, -0.2) is 40.0 Å². The number of carboxylic acids is 1. The van der Waals surface area contributed by atoms with Gasteiger partial charge in [-0.25, -0.2) is 0 Å². The van der Waals surface area contributed by atoms with Gasteiger partial charge in [-0.3, -0.25) is 9.59 Å². The molecule has 1 aliphatic heterocycles. The minimum Gasteiger partial charge on any atom is -0.481 e. The van der Waals surface area contributed by atoms with Crippen LogP contribution in [0.5, 0.6) is 0 Å². The average molecular weight is 326 g/mol. The Morgan fingerprint density at radius 3 is 2.58 bits per heavy atom. The maximum absolute atomic E-state index is 12.3. The molecule has 5 nitrogen and oxygen atoms in total. The largest absolute Gasteiger partial charge is 0.481 e. The molecule has 2 heterocycles. The Morgan fingerprint density at radius 2 is 1.92 bits per heavy atom. The number of aliphatic carboxylic acids is 1. The number of aromatic amines is 1. The first-order valence-electron chi connectivity index (χ1n) is 8.28. The number of carbonyl (C=O) groups excluding carboxylic acids is 1.